The number of fused-ring (bicyclic) bond motifs is 4. The van der Waals surface area contributed by atoms with Gasteiger partial charge in [-0.1, -0.05) is 6.07 Å². The average Bonchev–Trinajstić information content (AvgIpc) is 3.21. The SMILES string of the molecule is CCNc1ncc2c(n1)N1CCC[C@H]1CN(c1cccc3c(=O)n(CC)cnc13)C2=O. The molecule has 9 nitrogen and oxygen atoms in total. The second-order valence-electron chi connectivity index (χ2n) is 7.88. The van der Waals surface area contributed by atoms with E-state index >= 15 is 0 Å². The van der Waals surface area contributed by atoms with Gasteiger partial charge in [-0.2, -0.15) is 4.98 Å². The van der Waals surface area contributed by atoms with Gasteiger partial charge < -0.3 is 15.1 Å². The number of nitrogens with zero attached hydrogens (tertiary/aromatic N) is 6. The Bertz CT molecular complexity index is 1220. The zero-order chi connectivity index (χ0) is 21.5. The molecule has 2 aliphatic heterocycles. The summed E-state index contributed by atoms with van der Waals surface area (Å²) in [6, 6.07) is 5.60. The highest BCUT2D eigenvalue weighted by Crippen LogP contribution is 2.35. The number of benzene rings is 1. The van der Waals surface area contributed by atoms with Crippen LogP contribution in [0, 0.1) is 0 Å². The Kier molecular flexibility index (Phi) is 4.80. The highest BCUT2D eigenvalue weighted by Gasteiger charge is 2.38. The number of para-hydroxylation sites is 1. The highest BCUT2D eigenvalue weighted by atomic mass is 16.2. The van der Waals surface area contributed by atoms with E-state index in [0.717, 1.165) is 19.4 Å². The monoisotopic (exact) mass is 419 g/mol. The van der Waals surface area contributed by atoms with Crippen molar-refractivity contribution in [3.8, 4) is 0 Å². The summed E-state index contributed by atoms with van der Waals surface area (Å²) in [7, 11) is 0. The minimum absolute atomic E-state index is 0.0990. The zero-order valence-corrected chi connectivity index (χ0v) is 17.7. The summed E-state index contributed by atoms with van der Waals surface area (Å²) in [6.07, 6.45) is 5.18. The van der Waals surface area contributed by atoms with Crippen molar-refractivity contribution in [2.75, 3.05) is 34.8 Å². The number of anilines is 3. The quantitative estimate of drug-likeness (QED) is 0.693. The van der Waals surface area contributed by atoms with Gasteiger partial charge in [0, 0.05) is 38.4 Å². The number of nitrogens with one attached hydrogen (secondary N) is 1. The summed E-state index contributed by atoms with van der Waals surface area (Å²) in [5.41, 5.74) is 1.57. The van der Waals surface area contributed by atoms with Gasteiger partial charge in [-0.3, -0.25) is 14.2 Å². The molecule has 9 heteroatoms. The number of aromatic nitrogens is 4. The first kappa shape index (κ1) is 19.5. The lowest BCUT2D eigenvalue weighted by molar-refractivity contribution is 0.0988. The smallest absolute Gasteiger partial charge is 0.263 e. The number of rotatable bonds is 4. The van der Waals surface area contributed by atoms with Crippen molar-refractivity contribution >= 4 is 34.3 Å². The molecule has 0 radical (unpaired) electrons. The van der Waals surface area contributed by atoms with Gasteiger partial charge >= 0.3 is 0 Å². The Morgan fingerprint density at radius 3 is 2.87 bits per heavy atom. The van der Waals surface area contributed by atoms with Gasteiger partial charge in [-0.05, 0) is 38.8 Å². The molecule has 1 amide bonds. The summed E-state index contributed by atoms with van der Waals surface area (Å²) in [5, 5.41) is 3.65. The molecule has 0 bridgehead atoms. The standard InChI is InChI=1S/C22H25N7O2/c1-3-23-22-24-11-16-19(26-22)28-10-6-7-14(28)12-29(21(16)31)17-9-5-8-15-18(17)25-13-27(4-2)20(15)30/h5,8-9,11,13-14H,3-4,6-7,10,12H2,1-2H3,(H,23,24,26)/t14-/m0/s1. The molecule has 0 unspecified atom stereocenters. The maximum atomic E-state index is 13.7. The van der Waals surface area contributed by atoms with Crippen molar-refractivity contribution in [2.24, 2.45) is 0 Å². The van der Waals surface area contributed by atoms with E-state index in [9.17, 15) is 9.59 Å². The molecule has 0 spiro atoms. The molecule has 1 saturated heterocycles. The number of amides is 1. The average molecular weight is 419 g/mol. The molecule has 1 fully saturated rings. The molecule has 160 valence electrons. The molecule has 31 heavy (non-hydrogen) atoms. The molecule has 0 aliphatic carbocycles. The van der Waals surface area contributed by atoms with Crippen molar-refractivity contribution in [1.29, 1.82) is 0 Å². The number of aryl methyl sites for hydroxylation is 1. The molecule has 5 rings (SSSR count). The maximum Gasteiger partial charge on any atom is 0.263 e. The fourth-order valence-corrected chi connectivity index (χ4v) is 4.55. The molecule has 0 saturated carbocycles. The molecule has 1 atom stereocenters. The van der Waals surface area contributed by atoms with Crippen molar-refractivity contribution in [1.82, 2.24) is 19.5 Å². The Hall–Kier alpha value is -3.49. The number of hydrogen-bond acceptors (Lipinski definition) is 7. The molecular formula is C22H25N7O2. The number of hydrogen-bond donors (Lipinski definition) is 1. The van der Waals surface area contributed by atoms with Crippen molar-refractivity contribution in [3.05, 3.63) is 46.6 Å². The number of carbonyl (C=O) groups excluding carboxylic acids is 1. The summed E-state index contributed by atoms with van der Waals surface area (Å²) in [4.78, 5) is 44.0. The van der Waals surface area contributed by atoms with Crippen LogP contribution < -0.4 is 20.7 Å². The normalized spacial score (nSPS) is 18.1. The third-order valence-electron chi connectivity index (χ3n) is 6.09. The molecule has 2 aromatic heterocycles. The van der Waals surface area contributed by atoms with Gasteiger partial charge in [-0.15, -0.1) is 0 Å². The Morgan fingerprint density at radius 1 is 1.19 bits per heavy atom. The van der Waals surface area contributed by atoms with Crippen LogP contribution in [0.25, 0.3) is 10.9 Å². The van der Waals surface area contributed by atoms with Gasteiger partial charge in [0.25, 0.3) is 11.5 Å². The zero-order valence-electron chi connectivity index (χ0n) is 17.7. The van der Waals surface area contributed by atoms with Crippen LogP contribution in [0.5, 0.6) is 0 Å². The minimum atomic E-state index is -0.165. The van der Waals surface area contributed by atoms with Crippen LogP contribution in [0.4, 0.5) is 17.5 Å². The van der Waals surface area contributed by atoms with Crippen molar-refractivity contribution < 1.29 is 4.79 Å². The summed E-state index contributed by atoms with van der Waals surface area (Å²) in [5.74, 6) is 1.05. The predicted molar refractivity (Wildman–Crippen MR) is 120 cm³/mol. The predicted octanol–water partition coefficient (Wildman–Crippen LogP) is 2.27. The second kappa shape index (κ2) is 7.64. The van der Waals surface area contributed by atoms with Crippen molar-refractivity contribution in [2.45, 2.75) is 39.3 Å². The lowest BCUT2D eigenvalue weighted by atomic mass is 10.1. The van der Waals surface area contributed by atoms with Gasteiger partial charge in [0.2, 0.25) is 5.95 Å². The second-order valence-corrected chi connectivity index (χ2v) is 7.88. The molecular weight excluding hydrogens is 394 g/mol. The van der Waals surface area contributed by atoms with Gasteiger partial charge in [-0.25, -0.2) is 9.97 Å². The van der Waals surface area contributed by atoms with Crippen molar-refractivity contribution in [3.63, 3.8) is 0 Å². The van der Waals surface area contributed by atoms with Crippen LogP contribution in [0.15, 0.2) is 35.5 Å². The summed E-state index contributed by atoms with van der Waals surface area (Å²) in [6.45, 7) is 6.52. The lowest BCUT2D eigenvalue weighted by Gasteiger charge is -2.27. The molecule has 2 aliphatic rings. The fourth-order valence-electron chi connectivity index (χ4n) is 4.55. The first-order valence-electron chi connectivity index (χ1n) is 10.8. The van der Waals surface area contributed by atoms with E-state index in [2.05, 4.69) is 25.2 Å². The fraction of sp³-hybridized carbons (Fsp3) is 0.409. The van der Waals surface area contributed by atoms with Crippen LogP contribution in [0.2, 0.25) is 0 Å². The van der Waals surface area contributed by atoms with Crippen LogP contribution in [0.3, 0.4) is 0 Å². The molecule has 3 aromatic rings. The third-order valence-corrected chi connectivity index (χ3v) is 6.09. The van der Waals surface area contributed by atoms with E-state index in [0.29, 0.717) is 53.6 Å². The largest absolute Gasteiger partial charge is 0.354 e. The Balaban J connectivity index is 1.66. The Labute approximate surface area is 179 Å². The van der Waals surface area contributed by atoms with Crippen LogP contribution in [-0.2, 0) is 6.54 Å². The van der Waals surface area contributed by atoms with E-state index in [1.807, 2.05) is 26.0 Å². The van der Waals surface area contributed by atoms with E-state index in [-0.39, 0.29) is 17.5 Å². The van der Waals surface area contributed by atoms with Gasteiger partial charge in [0.05, 0.1) is 17.4 Å². The van der Waals surface area contributed by atoms with E-state index in [1.165, 1.54) is 0 Å². The molecule has 1 N–H and O–H groups in total. The molecule has 4 heterocycles. The lowest BCUT2D eigenvalue weighted by Crippen LogP contribution is -2.40. The highest BCUT2D eigenvalue weighted by molar-refractivity contribution is 6.13. The minimum Gasteiger partial charge on any atom is -0.354 e. The first-order valence-corrected chi connectivity index (χ1v) is 10.8. The van der Waals surface area contributed by atoms with E-state index < -0.39 is 0 Å². The number of carbonyl (C=O) groups is 1. The summed E-state index contributed by atoms with van der Waals surface area (Å²) >= 11 is 0. The van der Waals surface area contributed by atoms with Gasteiger partial charge in [0.1, 0.15) is 16.9 Å². The van der Waals surface area contributed by atoms with E-state index in [1.54, 1.807) is 28.1 Å². The topological polar surface area (TPSA) is 96.2 Å². The Morgan fingerprint density at radius 2 is 2.06 bits per heavy atom. The van der Waals surface area contributed by atoms with Crippen LogP contribution >= 0.6 is 0 Å². The third kappa shape index (κ3) is 3.11. The van der Waals surface area contributed by atoms with E-state index in [4.69, 9.17) is 0 Å². The summed E-state index contributed by atoms with van der Waals surface area (Å²) < 4.78 is 1.57. The first-order chi connectivity index (χ1) is 15.1. The van der Waals surface area contributed by atoms with Crippen LogP contribution in [-0.4, -0.2) is 51.1 Å². The molecule has 1 aromatic carbocycles. The van der Waals surface area contributed by atoms with Gasteiger partial charge in [0.15, 0.2) is 0 Å². The maximum absolute atomic E-state index is 13.7. The van der Waals surface area contributed by atoms with Crippen LogP contribution in [0.1, 0.15) is 37.0 Å².